The maximum atomic E-state index is 4.63. The number of benzene rings is 1. The number of para-hydroxylation sites is 1. The Morgan fingerprint density at radius 2 is 2.00 bits per heavy atom. The van der Waals surface area contributed by atoms with Crippen molar-refractivity contribution in [1.29, 1.82) is 0 Å². The van der Waals surface area contributed by atoms with Crippen LogP contribution in [-0.2, 0) is 6.42 Å². The zero-order valence-corrected chi connectivity index (χ0v) is 13.0. The van der Waals surface area contributed by atoms with E-state index in [2.05, 4.69) is 77.4 Å². The van der Waals surface area contributed by atoms with Gasteiger partial charge in [0, 0.05) is 17.3 Å². The molecule has 1 aliphatic rings. The number of fused-ring (bicyclic) bond motifs is 1. The molecule has 1 unspecified atom stereocenters. The quantitative estimate of drug-likeness (QED) is 0.917. The number of aromatic nitrogens is 3. The van der Waals surface area contributed by atoms with Gasteiger partial charge in [0.15, 0.2) is 5.82 Å². The number of nitrogens with zero attached hydrogens (tertiary/aromatic N) is 4. The number of anilines is 3. The Morgan fingerprint density at radius 3 is 2.76 bits per heavy atom. The molecule has 1 atom stereocenters. The van der Waals surface area contributed by atoms with Crippen molar-refractivity contribution in [3.05, 3.63) is 36.0 Å². The van der Waals surface area contributed by atoms with Gasteiger partial charge >= 0.3 is 0 Å². The second-order valence-electron chi connectivity index (χ2n) is 6.57. The summed E-state index contributed by atoms with van der Waals surface area (Å²) in [6, 6.07) is 8.83. The fourth-order valence-electron chi connectivity index (χ4n) is 2.71. The monoisotopic (exact) mass is 283 g/mol. The smallest absolute Gasteiger partial charge is 0.245 e. The molecule has 3 rings (SSSR count). The molecule has 0 bridgehead atoms. The van der Waals surface area contributed by atoms with Gasteiger partial charge in [-0.3, -0.25) is 0 Å². The zero-order chi connectivity index (χ0) is 15.0. The normalized spacial score (nSPS) is 17.7. The predicted octanol–water partition coefficient (Wildman–Crippen LogP) is 3.16. The fourth-order valence-corrected chi connectivity index (χ4v) is 2.71. The molecule has 5 heteroatoms. The van der Waals surface area contributed by atoms with Gasteiger partial charge in [0.05, 0.1) is 6.20 Å². The van der Waals surface area contributed by atoms with E-state index >= 15 is 0 Å². The molecule has 1 aliphatic heterocycles. The average molecular weight is 283 g/mol. The van der Waals surface area contributed by atoms with E-state index in [1.165, 1.54) is 11.3 Å². The summed E-state index contributed by atoms with van der Waals surface area (Å²) in [7, 11) is 0. The lowest BCUT2D eigenvalue weighted by molar-refractivity contribution is 0.622. The maximum absolute atomic E-state index is 4.63. The van der Waals surface area contributed by atoms with Gasteiger partial charge in [-0.25, -0.2) is 0 Å². The highest BCUT2D eigenvalue weighted by Crippen LogP contribution is 2.36. The van der Waals surface area contributed by atoms with Crippen molar-refractivity contribution in [3.63, 3.8) is 0 Å². The van der Waals surface area contributed by atoms with Crippen LogP contribution in [0, 0.1) is 0 Å². The molecule has 0 amide bonds. The molecule has 21 heavy (non-hydrogen) atoms. The Labute approximate surface area is 125 Å². The van der Waals surface area contributed by atoms with E-state index in [0.717, 1.165) is 12.2 Å². The van der Waals surface area contributed by atoms with Gasteiger partial charge in [-0.2, -0.15) is 10.1 Å². The number of rotatable bonds is 2. The van der Waals surface area contributed by atoms with Crippen molar-refractivity contribution in [1.82, 2.24) is 15.2 Å². The van der Waals surface area contributed by atoms with E-state index in [4.69, 9.17) is 0 Å². The fraction of sp³-hybridized carbons (Fsp3) is 0.438. The molecule has 0 aliphatic carbocycles. The molecule has 1 N–H and O–H groups in total. The third-order valence-electron chi connectivity index (χ3n) is 3.49. The maximum Gasteiger partial charge on any atom is 0.245 e. The summed E-state index contributed by atoms with van der Waals surface area (Å²) in [6.07, 6.45) is 2.76. The van der Waals surface area contributed by atoms with Gasteiger partial charge in [-0.15, -0.1) is 5.10 Å². The molecular formula is C16H21N5. The van der Waals surface area contributed by atoms with Crippen LogP contribution in [0.15, 0.2) is 30.5 Å². The molecule has 1 aromatic heterocycles. The lowest BCUT2D eigenvalue weighted by atomic mass is 10.1. The minimum absolute atomic E-state index is 0.0885. The Kier molecular flexibility index (Phi) is 3.27. The van der Waals surface area contributed by atoms with Gasteiger partial charge in [0.1, 0.15) is 0 Å². The molecule has 2 heterocycles. The van der Waals surface area contributed by atoms with E-state index in [1.807, 2.05) is 0 Å². The number of hydrogen-bond donors (Lipinski definition) is 1. The molecule has 0 fully saturated rings. The van der Waals surface area contributed by atoms with Crippen molar-refractivity contribution >= 4 is 17.5 Å². The van der Waals surface area contributed by atoms with Crippen LogP contribution in [0.2, 0.25) is 0 Å². The predicted molar refractivity (Wildman–Crippen MR) is 84.9 cm³/mol. The summed E-state index contributed by atoms with van der Waals surface area (Å²) in [6.45, 7) is 8.45. The Morgan fingerprint density at radius 1 is 1.24 bits per heavy atom. The second kappa shape index (κ2) is 4.98. The van der Waals surface area contributed by atoms with Crippen molar-refractivity contribution in [2.75, 3.05) is 10.2 Å². The average Bonchev–Trinajstić information content (AvgIpc) is 2.72. The van der Waals surface area contributed by atoms with Gasteiger partial charge in [-0.05, 0) is 45.7 Å². The van der Waals surface area contributed by atoms with E-state index in [1.54, 1.807) is 6.20 Å². The van der Waals surface area contributed by atoms with Crippen molar-refractivity contribution in [2.24, 2.45) is 0 Å². The highest BCUT2D eigenvalue weighted by molar-refractivity contribution is 5.68. The zero-order valence-electron chi connectivity index (χ0n) is 13.0. The highest BCUT2D eigenvalue weighted by Gasteiger charge is 2.28. The number of hydrogen-bond acceptors (Lipinski definition) is 5. The molecule has 110 valence electrons. The van der Waals surface area contributed by atoms with Crippen LogP contribution in [-0.4, -0.2) is 26.8 Å². The number of nitrogens with one attached hydrogen (secondary N) is 1. The summed E-state index contributed by atoms with van der Waals surface area (Å²) in [5, 5.41) is 11.5. The van der Waals surface area contributed by atoms with E-state index in [0.29, 0.717) is 12.0 Å². The first-order valence-corrected chi connectivity index (χ1v) is 7.29. The van der Waals surface area contributed by atoms with Crippen molar-refractivity contribution in [2.45, 2.75) is 45.7 Å². The summed E-state index contributed by atoms with van der Waals surface area (Å²) in [5.74, 6) is 1.41. The van der Waals surface area contributed by atoms with E-state index < -0.39 is 0 Å². The highest BCUT2D eigenvalue weighted by atomic mass is 15.3. The Bertz CT molecular complexity index is 647. The first kappa shape index (κ1) is 13.8. The van der Waals surface area contributed by atoms with Gasteiger partial charge in [0.2, 0.25) is 5.95 Å². The van der Waals surface area contributed by atoms with Gasteiger partial charge < -0.3 is 10.2 Å². The molecule has 0 spiro atoms. The molecule has 0 radical (unpaired) electrons. The molecule has 1 aromatic carbocycles. The summed E-state index contributed by atoms with van der Waals surface area (Å²) in [4.78, 5) is 6.86. The third kappa shape index (κ3) is 2.82. The Balaban J connectivity index is 1.96. The van der Waals surface area contributed by atoms with Crippen LogP contribution in [0.1, 0.15) is 33.3 Å². The standard InChI is InChI=1S/C16H21N5/c1-11-9-12-7-5-6-8-13(12)21(11)14-10-17-20-15(18-14)19-16(2,3)4/h5-8,10-11H,9H2,1-4H3,(H,18,19,20). The van der Waals surface area contributed by atoms with E-state index in [9.17, 15) is 0 Å². The van der Waals surface area contributed by atoms with Crippen LogP contribution in [0.3, 0.4) is 0 Å². The van der Waals surface area contributed by atoms with Crippen molar-refractivity contribution in [3.8, 4) is 0 Å². The largest absolute Gasteiger partial charge is 0.348 e. The lowest BCUT2D eigenvalue weighted by Gasteiger charge is -2.25. The van der Waals surface area contributed by atoms with Crippen LogP contribution < -0.4 is 10.2 Å². The summed E-state index contributed by atoms with van der Waals surface area (Å²) >= 11 is 0. The van der Waals surface area contributed by atoms with E-state index in [-0.39, 0.29) is 5.54 Å². The summed E-state index contributed by atoms with van der Waals surface area (Å²) in [5.41, 5.74) is 2.48. The lowest BCUT2D eigenvalue weighted by Crippen LogP contribution is -2.29. The van der Waals surface area contributed by atoms with Crippen LogP contribution in [0.4, 0.5) is 17.5 Å². The molecule has 2 aromatic rings. The summed E-state index contributed by atoms with van der Waals surface area (Å²) < 4.78 is 0. The third-order valence-corrected chi connectivity index (χ3v) is 3.49. The van der Waals surface area contributed by atoms with Crippen LogP contribution >= 0.6 is 0 Å². The van der Waals surface area contributed by atoms with Crippen LogP contribution in [0.25, 0.3) is 0 Å². The molecule has 0 saturated carbocycles. The first-order valence-electron chi connectivity index (χ1n) is 7.29. The topological polar surface area (TPSA) is 53.9 Å². The second-order valence-corrected chi connectivity index (χ2v) is 6.57. The SMILES string of the molecule is CC1Cc2ccccc2N1c1cnnc(NC(C)(C)C)n1. The molecule has 5 nitrogen and oxygen atoms in total. The van der Waals surface area contributed by atoms with Crippen molar-refractivity contribution < 1.29 is 0 Å². The molecule has 0 saturated heterocycles. The minimum atomic E-state index is -0.0885. The first-order chi connectivity index (χ1) is 9.94. The van der Waals surface area contributed by atoms with Crippen LogP contribution in [0.5, 0.6) is 0 Å². The van der Waals surface area contributed by atoms with Gasteiger partial charge in [-0.1, -0.05) is 18.2 Å². The Hall–Kier alpha value is -2.17. The minimum Gasteiger partial charge on any atom is -0.348 e. The molecular weight excluding hydrogens is 262 g/mol. The van der Waals surface area contributed by atoms with Gasteiger partial charge in [0.25, 0.3) is 0 Å².